The van der Waals surface area contributed by atoms with Crippen molar-refractivity contribution in [2.45, 2.75) is 25.4 Å². The quantitative estimate of drug-likeness (QED) is 0.429. The zero-order chi connectivity index (χ0) is 23.5. The zero-order valence-electron chi connectivity index (χ0n) is 19.0. The number of benzene rings is 3. The largest absolute Gasteiger partial charge is 0.479 e. The smallest absolute Gasteiger partial charge is 0.267 e. The van der Waals surface area contributed by atoms with E-state index in [4.69, 9.17) is 4.74 Å². The number of H-pyrrole nitrogens is 1. The topological polar surface area (TPSA) is 74.4 Å². The van der Waals surface area contributed by atoms with Crippen molar-refractivity contribution in [3.63, 3.8) is 0 Å². The number of aromatic amines is 1. The number of rotatable bonds is 7. The third-order valence-electron chi connectivity index (χ3n) is 6.34. The average molecular weight is 454 g/mol. The predicted molar refractivity (Wildman–Crippen MR) is 133 cm³/mol. The minimum Gasteiger partial charge on any atom is -0.479 e. The zero-order valence-corrected chi connectivity index (χ0v) is 19.0. The van der Waals surface area contributed by atoms with Gasteiger partial charge in [0.25, 0.3) is 5.91 Å². The highest BCUT2D eigenvalue weighted by Crippen LogP contribution is 2.34. The second kappa shape index (κ2) is 9.43. The van der Waals surface area contributed by atoms with Crippen molar-refractivity contribution in [1.82, 2.24) is 10.3 Å². The minimum atomic E-state index is -0.567. The molecule has 2 heterocycles. The van der Waals surface area contributed by atoms with Gasteiger partial charge in [0.15, 0.2) is 6.10 Å². The summed E-state index contributed by atoms with van der Waals surface area (Å²) in [4.78, 5) is 30.6. The Bertz CT molecular complexity index is 1310. The Balaban J connectivity index is 1.30. The first kappa shape index (κ1) is 21.8. The van der Waals surface area contributed by atoms with Crippen molar-refractivity contribution in [2.75, 3.05) is 18.0 Å². The van der Waals surface area contributed by atoms with Gasteiger partial charge in [0, 0.05) is 42.5 Å². The SMILES string of the molecule is CC1Oc2ccccc2N(CCC(=O)NCC(c2ccccc2)c2c[nH]c3ccccc23)C1=O. The van der Waals surface area contributed by atoms with Gasteiger partial charge in [-0.25, -0.2) is 0 Å². The van der Waals surface area contributed by atoms with E-state index in [2.05, 4.69) is 34.6 Å². The summed E-state index contributed by atoms with van der Waals surface area (Å²) in [5.41, 5.74) is 4.06. The summed E-state index contributed by atoms with van der Waals surface area (Å²) in [6.07, 6.45) is 1.67. The Morgan fingerprint density at radius 1 is 1.03 bits per heavy atom. The molecule has 1 aliphatic rings. The van der Waals surface area contributed by atoms with Crippen LogP contribution >= 0.6 is 0 Å². The molecule has 0 fully saturated rings. The van der Waals surface area contributed by atoms with Gasteiger partial charge in [-0.05, 0) is 36.2 Å². The number of hydrogen-bond donors (Lipinski definition) is 2. The Kier molecular flexibility index (Phi) is 6.04. The fraction of sp³-hybridized carbons (Fsp3) is 0.214. The number of hydrogen-bond acceptors (Lipinski definition) is 3. The first-order chi connectivity index (χ1) is 16.6. The molecule has 1 aliphatic heterocycles. The molecule has 0 aliphatic carbocycles. The number of fused-ring (bicyclic) bond motifs is 2. The molecular weight excluding hydrogens is 426 g/mol. The molecule has 172 valence electrons. The average Bonchev–Trinajstić information content (AvgIpc) is 3.29. The summed E-state index contributed by atoms with van der Waals surface area (Å²) in [7, 11) is 0. The van der Waals surface area contributed by atoms with Gasteiger partial charge in [-0.3, -0.25) is 9.59 Å². The van der Waals surface area contributed by atoms with Gasteiger partial charge in [0.1, 0.15) is 5.75 Å². The molecule has 2 amide bonds. The number of anilines is 1. The predicted octanol–water partition coefficient (Wildman–Crippen LogP) is 4.62. The molecule has 2 atom stereocenters. The van der Waals surface area contributed by atoms with Crippen LogP contribution in [0.1, 0.15) is 30.4 Å². The van der Waals surface area contributed by atoms with E-state index in [1.807, 2.05) is 60.8 Å². The fourth-order valence-corrected chi connectivity index (χ4v) is 4.58. The molecule has 0 spiro atoms. The van der Waals surface area contributed by atoms with E-state index in [1.165, 1.54) is 0 Å². The van der Waals surface area contributed by atoms with Gasteiger partial charge in [-0.1, -0.05) is 60.7 Å². The number of nitrogens with zero attached hydrogens (tertiary/aromatic N) is 1. The molecule has 0 radical (unpaired) electrons. The Hall–Kier alpha value is -4.06. The van der Waals surface area contributed by atoms with E-state index >= 15 is 0 Å². The van der Waals surface area contributed by atoms with Crippen LogP contribution in [0.15, 0.2) is 85.1 Å². The minimum absolute atomic E-state index is 0.00654. The van der Waals surface area contributed by atoms with Gasteiger partial charge in [-0.2, -0.15) is 0 Å². The molecule has 4 aromatic rings. The Labute approximate surface area is 198 Å². The summed E-state index contributed by atoms with van der Waals surface area (Å²) in [6, 6.07) is 25.8. The number of para-hydroxylation sites is 3. The molecule has 34 heavy (non-hydrogen) atoms. The van der Waals surface area contributed by atoms with Crippen molar-refractivity contribution < 1.29 is 14.3 Å². The maximum atomic E-state index is 12.9. The Morgan fingerprint density at radius 2 is 1.76 bits per heavy atom. The lowest BCUT2D eigenvalue weighted by atomic mass is 9.91. The van der Waals surface area contributed by atoms with Crippen LogP contribution < -0.4 is 15.0 Å². The van der Waals surface area contributed by atoms with Crippen molar-refractivity contribution >= 4 is 28.4 Å². The van der Waals surface area contributed by atoms with E-state index in [0.29, 0.717) is 24.5 Å². The van der Waals surface area contributed by atoms with Gasteiger partial charge >= 0.3 is 0 Å². The van der Waals surface area contributed by atoms with E-state index in [1.54, 1.807) is 11.8 Å². The standard InChI is InChI=1S/C28H27N3O3/c1-19-28(33)31(25-13-7-8-14-26(25)34-19)16-15-27(32)30-17-22(20-9-3-2-4-10-20)23-18-29-24-12-6-5-11-21(23)24/h2-14,18-19,22,29H,15-17H2,1H3,(H,30,32). The van der Waals surface area contributed by atoms with Crippen molar-refractivity contribution in [1.29, 1.82) is 0 Å². The van der Waals surface area contributed by atoms with Gasteiger partial charge < -0.3 is 19.9 Å². The summed E-state index contributed by atoms with van der Waals surface area (Å²) < 4.78 is 5.69. The highest BCUT2D eigenvalue weighted by molar-refractivity contribution is 6.00. The molecule has 0 bridgehead atoms. The molecule has 2 unspecified atom stereocenters. The van der Waals surface area contributed by atoms with Gasteiger partial charge in [0.05, 0.1) is 5.69 Å². The van der Waals surface area contributed by atoms with Crippen molar-refractivity contribution in [3.05, 3.63) is 96.2 Å². The normalized spacial score (nSPS) is 16.1. The van der Waals surface area contributed by atoms with Gasteiger partial charge in [-0.15, -0.1) is 0 Å². The number of carbonyl (C=O) groups is 2. The highest BCUT2D eigenvalue weighted by atomic mass is 16.5. The van der Waals surface area contributed by atoms with Crippen LogP contribution in [0.4, 0.5) is 5.69 Å². The van der Waals surface area contributed by atoms with Crippen LogP contribution in [0.3, 0.4) is 0 Å². The monoisotopic (exact) mass is 453 g/mol. The number of aromatic nitrogens is 1. The maximum Gasteiger partial charge on any atom is 0.267 e. The molecule has 6 nitrogen and oxygen atoms in total. The molecule has 1 aromatic heterocycles. The maximum absolute atomic E-state index is 12.9. The second-order valence-electron chi connectivity index (χ2n) is 8.52. The third-order valence-corrected chi connectivity index (χ3v) is 6.34. The first-order valence-electron chi connectivity index (χ1n) is 11.6. The molecular formula is C28H27N3O3. The van der Waals surface area contributed by atoms with E-state index < -0.39 is 6.10 Å². The number of carbonyl (C=O) groups excluding carboxylic acids is 2. The summed E-state index contributed by atoms with van der Waals surface area (Å²) >= 11 is 0. The molecule has 3 aromatic carbocycles. The van der Waals surface area contributed by atoms with E-state index in [0.717, 1.165) is 22.0 Å². The molecule has 5 rings (SSSR count). The van der Waals surface area contributed by atoms with Crippen LogP contribution in [0.25, 0.3) is 10.9 Å². The van der Waals surface area contributed by atoms with Crippen LogP contribution in [0.2, 0.25) is 0 Å². The molecule has 6 heteroatoms. The summed E-state index contributed by atoms with van der Waals surface area (Å²) in [5.74, 6) is 0.447. The summed E-state index contributed by atoms with van der Waals surface area (Å²) in [5, 5.41) is 4.25. The third kappa shape index (κ3) is 4.27. The van der Waals surface area contributed by atoms with E-state index in [9.17, 15) is 9.59 Å². The van der Waals surface area contributed by atoms with Crippen LogP contribution in [-0.2, 0) is 9.59 Å². The van der Waals surface area contributed by atoms with Crippen molar-refractivity contribution in [3.8, 4) is 5.75 Å². The fourth-order valence-electron chi connectivity index (χ4n) is 4.58. The molecule has 0 saturated heterocycles. The molecule has 2 N–H and O–H groups in total. The first-order valence-corrected chi connectivity index (χ1v) is 11.6. The van der Waals surface area contributed by atoms with Gasteiger partial charge in [0.2, 0.25) is 5.91 Å². The number of amides is 2. The van der Waals surface area contributed by atoms with Crippen molar-refractivity contribution in [2.24, 2.45) is 0 Å². The number of ether oxygens (including phenoxy) is 1. The Morgan fingerprint density at radius 3 is 2.62 bits per heavy atom. The number of nitrogens with one attached hydrogen (secondary N) is 2. The van der Waals surface area contributed by atoms with Crippen LogP contribution in [-0.4, -0.2) is 36.0 Å². The van der Waals surface area contributed by atoms with Crippen LogP contribution in [0.5, 0.6) is 5.75 Å². The lowest BCUT2D eigenvalue weighted by Gasteiger charge is -2.32. The molecule has 0 saturated carbocycles. The van der Waals surface area contributed by atoms with Crippen LogP contribution in [0, 0.1) is 0 Å². The lowest BCUT2D eigenvalue weighted by molar-refractivity contribution is -0.125. The highest BCUT2D eigenvalue weighted by Gasteiger charge is 2.31. The van der Waals surface area contributed by atoms with E-state index in [-0.39, 0.29) is 24.2 Å². The second-order valence-corrected chi connectivity index (χ2v) is 8.52. The summed E-state index contributed by atoms with van der Waals surface area (Å²) in [6.45, 7) is 2.50. The lowest BCUT2D eigenvalue weighted by Crippen LogP contribution is -2.46.